The van der Waals surface area contributed by atoms with Crippen molar-refractivity contribution in [3.05, 3.63) is 24.3 Å². The van der Waals surface area contributed by atoms with Crippen molar-refractivity contribution in [1.29, 1.82) is 0 Å². The van der Waals surface area contributed by atoms with Gasteiger partial charge in [0.15, 0.2) is 5.96 Å². The third-order valence-corrected chi connectivity index (χ3v) is 1.76. The lowest BCUT2D eigenvalue weighted by Gasteiger charge is -2.07. The van der Waals surface area contributed by atoms with Crippen LogP contribution in [0, 0.1) is 0 Å². The van der Waals surface area contributed by atoms with Crippen LogP contribution >= 0.6 is 0 Å². The van der Waals surface area contributed by atoms with Gasteiger partial charge in [-0.3, -0.25) is 4.99 Å². The smallest absolute Gasteiger partial charge is 0.193 e. The summed E-state index contributed by atoms with van der Waals surface area (Å²) in [6, 6.07) is 7.70. The molecule has 0 amide bonds. The maximum atomic E-state index is 5.68. The van der Waals surface area contributed by atoms with Crippen molar-refractivity contribution < 1.29 is 4.74 Å². The van der Waals surface area contributed by atoms with Crippen LogP contribution in [0.5, 0.6) is 5.75 Å². The fourth-order valence-electron chi connectivity index (χ4n) is 1.13. The average molecular weight is 207 g/mol. The SMILES string of the molecule is COc1ccc(NC(N)=NC(C)C)cc1. The van der Waals surface area contributed by atoms with Crippen molar-refractivity contribution in [3.8, 4) is 5.75 Å². The highest BCUT2D eigenvalue weighted by atomic mass is 16.5. The number of anilines is 1. The first-order chi connectivity index (χ1) is 7.11. The number of hydrogen-bond donors (Lipinski definition) is 2. The summed E-state index contributed by atoms with van der Waals surface area (Å²) in [7, 11) is 1.64. The molecule has 1 rings (SSSR count). The molecular weight excluding hydrogens is 190 g/mol. The quantitative estimate of drug-likeness (QED) is 0.587. The molecule has 82 valence electrons. The Morgan fingerprint density at radius 2 is 1.93 bits per heavy atom. The van der Waals surface area contributed by atoms with Gasteiger partial charge in [0.1, 0.15) is 5.75 Å². The van der Waals surface area contributed by atoms with Gasteiger partial charge in [-0.15, -0.1) is 0 Å². The van der Waals surface area contributed by atoms with Crippen LogP contribution in [0.2, 0.25) is 0 Å². The molecule has 0 aliphatic heterocycles. The molecule has 0 aliphatic carbocycles. The molecule has 0 saturated heterocycles. The van der Waals surface area contributed by atoms with Gasteiger partial charge in [0.2, 0.25) is 0 Å². The highest BCUT2D eigenvalue weighted by molar-refractivity contribution is 5.92. The van der Waals surface area contributed by atoms with Crippen molar-refractivity contribution >= 4 is 11.6 Å². The van der Waals surface area contributed by atoms with Crippen LogP contribution in [-0.2, 0) is 0 Å². The van der Waals surface area contributed by atoms with E-state index < -0.39 is 0 Å². The number of benzene rings is 1. The Morgan fingerprint density at radius 3 is 2.40 bits per heavy atom. The molecule has 4 nitrogen and oxygen atoms in total. The lowest BCUT2D eigenvalue weighted by molar-refractivity contribution is 0.415. The summed E-state index contributed by atoms with van der Waals surface area (Å²) >= 11 is 0. The molecule has 0 atom stereocenters. The molecule has 0 aliphatic rings. The van der Waals surface area contributed by atoms with Crippen LogP contribution in [0.25, 0.3) is 0 Å². The van der Waals surface area contributed by atoms with E-state index in [1.165, 1.54) is 0 Å². The fourth-order valence-corrected chi connectivity index (χ4v) is 1.13. The molecule has 4 heteroatoms. The lowest BCUT2D eigenvalue weighted by atomic mass is 10.3. The molecule has 1 aromatic rings. The van der Waals surface area contributed by atoms with Gasteiger partial charge in [-0.25, -0.2) is 0 Å². The van der Waals surface area contributed by atoms with Crippen LogP contribution in [-0.4, -0.2) is 19.1 Å². The number of hydrogen-bond acceptors (Lipinski definition) is 2. The first kappa shape index (κ1) is 11.4. The maximum Gasteiger partial charge on any atom is 0.193 e. The Balaban J connectivity index is 2.65. The van der Waals surface area contributed by atoms with Gasteiger partial charge in [-0.2, -0.15) is 0 Å². The third kappa shape index (κ3) is 3.89. The van der Waals surface area contributed by atoms with Gasteiger partial charge in [-0.1, -0.05) is 0 Å². The van der Waals surface area contributed by atoms with E-state index in [0.717, 1.165) is 11.4 Å². The van der Waals surface area contributed by atoms with Crippen molar-refractivity contribution in [1.82, 2.24) is 0 Å². The van der Waals surface area contributed by atoms with Crippen LogP contribution in [0.4, 0.5) is 5.69 Å². The van der Waals surface area contributed by atoms with Crippen LogP contribution < -0.4 is 15.8 Å². The number of nitrogens with zero attached hydrogens (tertiary/aromatic N) is 1. The molecular formula is C11H17N3O. The zero-order valence-electron chi connectivity index (χ0n) is 9.32. The van der Waals surface area contributed by atoms with Crippen molar-refractivity contribution in [3.63, 3.8) is 0 Å². The van der Waals surface area contributed by atoms with Crippen molar-refractivity contribution in [2.45, 2.75) is 19.9 Å². The number of nitrogens with one attached hydrogen (secondary N) is 1. The van der Waals surface area contributed by atoms with Gasteiger partial charge in [-0.05, 0) is 38.1 Å². The number of rotatable bonds is 3. The minimum absolute atomic E-state index is 0.191. The summed E-state index contributed by atoms with van der Waals surface area (Å²) < 4.78 is 5.05. The Bertz CT molecular complexity index is 330. The van der Waals surface area contributed by atoms with E-state index in [4.69, 9.17) is 10.5 Å². The standard InChI is InChI=1S/C11H17N3O/c1-8(2)13-11(12)14-9-4-6-10(15-3)7-5-9/h4-8H,1-3H3,(H3,12,13,14). The second-order valence-electron chi connectivity index (χ2n) is 3.46. The number of ether oxygens (including phenoxy) is 1. The Morgan fingerprint density at radius 1 is 1.33 bits per heavy atom. The molecule has 15 heavy (non-hydrogen) atoms. The third-order valence-electron chi connectivity index (χ3n) is 1.76. The predicted molar refractivity (Wildman–Crippen MR) is 63.4 cm³/mol. The normalized spacial score (nSPS) is 11.6. The number of nitrogens with two attached hydrogens (primary N) is 1. The van der Waals surface area contributed by atoms with Crippen LogP contribution in [0.3, 0.4) is 0 Å². The summed E-state index contributed by atoms with van der Waals surface area (Å²) in [6.45, 7) is 3.95. The Hall–Kier alpha value is -1.71. The van der Waals surface area contributed by atoms with Gasteiger partial charge >= 0.3 is 0 Å². The minimum Gasteiger partial charge on any atom is -0.497 e. The molecule has 0 spiro atoms. The number of guanidine groups is 1. The fraction of sp³-hybridized carbons (Fsp3) is 0.364. The van der Waals surface area contributed by atoms with Gasteiger partial charge < -0.3 is 15.8 Å². The van der Waals surface area contributed by atoms with Gasteiger partial charge in [0.05, 0.1) is 7.11 Å². The number of aliphatic imine (C=N–C) groups is 1. The predicted octanol–water partition coefficient (Wildman–Crippen LogP) is 1.83. The zero-order valence-corrected chi connectivity index (χ0v) is 9.32. The van der Waals surface area contributed by atoms with E-state index >= 15 is 0 Å². The van der Waals surface area contributed by atoms with Crippen LogP contribution in [0.1, 0.15) is 13.8 Å². The van der Waals surface area contributed by atoms with E-state index in [2.05, 4.69) is 10.3 Å². The maximum absolute atomic E-state index is 5.68. The molecule has 0 aromatic heterocycles. The van der Waals surface area contributed by atoms with Crippen LogP contribution in [0.15, 0.2) is 29.3 Å². The van der Waals surface area contributed by atoms with Crippen molar-refractivity contribution in [2.75, 3.05) is 12.4 Å². The summed E-state index contributed by atoms with van der Waals surface area (Å²) in [4.78, 5) is 4.17. The highest BCUT2D eigenvalue weighted by Crippen LogP contribution is 2.14. The summed E-state index contributed by atoms with van der Waals surface area (Å²) in [5.41, 5.74) is 6.59. The van der Waals surface area contributed by atoms with Gasteiger partial charge in [0.25, 0.3) is 0 Å². The topological polar surface area (TPSA) is 59.6 Å². The minimum atomic E-state index is 0.191. The summed E-state index contributed by atoms with van der Waals surface area (Å²) in [5.74, 6) is 1.25. The first-order valence-corrected chi connectivity index (χ1v) is 4.86. The largest absolute Gasteiger partial charge is 0.497 e. The molecule has 0 unspecified atom stereocenters. The molecule has 0 fully saturated rings. The van der Waals surface area contributed by atoms with E-state index in [0.29, 0.717) is 5.96 Å². The van der Waals surface area contributed by atoms with E-state index in [9.17, 15) is 0 Å². The first-order valence-electron chi connectivity index (χ1n) is 4.86. The molecule has 0 bridgehead atoms. The second-order valence-corrected chi connectivity index (χ2v) is 3.46. The monoisotopic (exact) mass is 207 g/mol. The van der Waals surface area contributed by atoms with Gasteiger partial charge in [0, 0.05) is 11.7 Å². The molecule has 0 radical (unpaired) electrons. The van der Waals surface area contributed by atoms with E-state index in [1.807, 2.05) is 38.1 Å². The van der Waals surface area contributed by atoms with Crippen molar-refractivity contribution in [2.24, 2.45) is 10.7 Å². The molecule has 3 N–H and O–H groups in total. The second kappa shape index (κ2) is 5.24. The lowest BCUT2D eigenvalue weighted by Crippen LogP contribution is -2.23. The molecule has 0 heterocycles. The molecule has 1 aromatic carbocycles. The average Bonchev–Trinajstić information content (AvgIpc) is 2.17. The van der Waals surface area contributed by atoms with E-state index in [-0.39, 0.29) is 6.04 Å². The Kier molecular flexibility index (Phi) is 3.97. The highest BCUT2D eigenvalue weighted by Gasteiger charge is 1.96. The zero-order chi connectivity index (χ0) is 11.3. The number of methoxy groups -OCH3 is 1. The van der Waals surface area contributed by atoms with E-state index in [1.54, 1.807) is 7.11 Å². The Labute approximate surface area is 90.2 Å². The summed E-state index contributed by atoms with van der Waals surface area (Å²) in [6.07, 6.45) is 0. The summed E-state index contributed by atoms with van der Waals surface area (Å²) in [5, 5.41) is 3.00. The molecule has 0 saturated carbocycles.